The molecule has 0 saturated carbocycles. The van der Waals surface area contributed by atoms with Gasteiger partial charge < -0.3 is 9.47 Å². The zero-order chi connectivity index (χ0) is 20.7. The number of allylic oxidation sites excluding steroid dienone is 1. The van der Waals surface area contributed by atoms with Crippen LogP contribution >= 0.6 is 0 Å². The van der Waals surface area contributed by atoms with Crippen molar-refractivity contribution in [3.8, 4) is 0 Å². The van der Waals surface area contributed by atoms with Crippen molar-refractivity contribution in [3.05, 3.63) is 12.2 Å². The monoisotopic (exact) mass is 411 g/mol. The highest BCUT2D eigenvalue weighted by Crippen LogP contribution is 2.34. The van der Waals surface area contributed by atoms with Crippen LogP contribution in [0.4, 0.5) is 4.79 Å². The molecule has 1 fully saturated rings. The average Bonchev–Trinajstić information content (AvgIpc) is 2.92. The average molecular weight is 412 g/mol. The summed E-state index contributed by atoms with van der Waals surface area (Å²) in [5.41, 5.74) is -0.643. The fraction of sp³-hybridized carbons (Fsp3) is 0.684. The second kappa shape index (κ2) is 9.86. The quantitative estimate of drug-likeness (QED) is 0.287. The lowest BCUT2D eigenvalue weighted by atomic mass is 9.79. The Balaban J connectivity index is 1.88. The summed E-state index contributed by atoms with van der Waals surface area (Å²) in [6.07, 6.45) is 4.16. The van der Waals surface area contributed by atoms with Crippen LogP contribution in [0.2, 0.25) is 19.1 Å². The van der Waals surface area contributed by atoms with Gasteiger partial charge in [-0.1, -0.05) is 24.2 Å². The van der Waals surface area contributed by atoms with Crippen molar-refractivity contribution in [2.45, 2.75) is 70.7 Å². The second-order valence-electron chi connectivity index (χ2n) is 7.96. The van der Waals surface area contributed by atoms with E-state index in [1.807, 2.05) is 13.0 Å². The fourth-order valence-electron chi connectivity index (χ4n) is 3.07. The van der Waals surface area contributed by atoms with E-state index >= 15 is 0 Å². The van der Waals surface area contributed by atoms with Crippen molar-refractivity contribution in [3.63, 3.8) is 0 Å². The highest BCUT2D eigenvalue weighted by molar-refractivity contribution is 6.55. The molecule has 1 unspecified atom stereocenters. The van der Waals surface area contributed by atoms with E-state index in [0.29, 0.717) is 37.4 Å². The van der Waals surface area contributed by atoms with Gasteiger partial charge in [0.05, 0.1) is 12.0 Å². The van der Waals surface area contributed by atoms with Crippen LogP contribution < -0.4 is 0 Å². The van der Waals surface area contributed by atoms with Crippen molar-refractivity contribution >= 4 is 32.7 Å². The third-order valence-electron chi connectivity index (χ3n) is 5.03. The molecule has 1 aliphatic heterocycles. The van der Waals surface area contributed by atoms with Crippen molar-refractivity contribution < 1.29 is 33.5 Å². The van der Waals surface area contributed by atoms with Crippen LogP contribution in [0.3, 0.4) is 0 Å². The normalized spacial score (nSPS) is 26.6. The molecule has 0 bridgehead atoms. The zero-order valence-corrected chi connectivity index (χ0v) is 17.9. The molecular formula is C19H29NO7Si. The number of hydrogen-bond donors (Lipinski definition) is 0. The summed E-state index contributed by atoms with van der Waals surface area (Å²) in [7, 11) is -0.772. The highest BCUT2D eigenvalue weighted by Gasteiger charge is 2.37. The van der Waals surface area contributed by atoms with E-state index < -0.39 is 38.3 Å². The van der Waals surface area contributed by atoms with E-state index in [9.17, 15) is 19.2 Å². The minimum atomic E-state index is -1.11. The van der Waals surface area contributed by atoms with Gasteiger partial charge in [-0.3, -0.25) is 19.2 Å². The maximum atomic E-state index is 12.6. The van der Waals surface area contributed by atoms with E-state index in [4.69, 9.17) is 14.3 Å². The smallest absolute Gasteiger partial charge is 0.466 e. The summed E-state index contributed by atoms with van der Waals surface area (Å²) in [5.74, 6) is -1.34. The third-order valence-corrected chi connectivity index (χ3v) is 6.42. The van der Waals surface area contributed by atoms with Gasteiger partial charge in [-0.05, 0) is 44.7 Å². The highest BCUT2D eigenvalue weighted by atomic mass is 28.3. The van der Waals surface area contributed by atoms with Crippen LogP contribution in [-0.2, 0) is 28.7 Å². The number of imide groups is 1. The summed E-state index contributed by atoms with van der Waals surface area (Å²) in [4.78, 5) is 52.3. The molecule has 2 rings (SSSR count). The van der Waals surface area contributed by atoms with E-state index in [2.05, 4.69) is 13.1 Å². The number of amides is 2. The lowest BCUT2D eigenvalue weighted by molar-refractivity contribution is -0.178. The third kappa shape index (κ3) is 6.18. The molecule has 0 N–H and O–H groups in total. The van der Waals surface area contributed by atoms with Gasteiger partial charge in [0.1, 0.15) is 6.10 Å². The Morgan fingerprint density at radius 1 is 1.21 bits per heavy atom. The molecule has 1 heterocycles. The minimum Gasteiger partial charge on any atom is -0.466 e. The van der Waals surface area contributed by atoms with Gasteiger partial charge in [0.25, 0.3) is 11.8 Å². The van der Waals surface area contributed by atoms with Crippen LogP contribution in [0.1, 0.15) is 45.4 Å². The van der Waals surface area contributed by atoms with E-state index in [0.717, 1.165) is 6.04 Å². The first-order chi connectivity index (χ1) is 13.2. The Bertz CT molecular complexity index is 632. The number of hydroxylamine groups is 2. The maximum Gasteiger partial charge on any atom is 0.534 e. The second-order valence-corrected chi connectivity index (χ2v) is 11.3. The molecule has 0 aromatic rings. The Hall–Kier alpha value is -2.16. The van der Waals surface area contributed by atoms with E-state index in [1.165, 1.54) is 0 Å². The number of hydrogen-bond acceptors (Lipinski definition) is 7. The van der Waals surface area contributed by atoms with Gasteiger partial charge in [-0.15, -0.1) is 0 Å². The molecule has 1 aliphatic carbocycles. The molecule has 9 heteroatoms. The van der Waals surface area contributed by atoms with Crippen LogP contribution in [0.15, 0.2) is 12.2 Å². The molecular weight excluding hydrogens is 382 g/mol. The number of carbonyl (C=O) groups excluding carboxylic acids is 4. The number of carbonyl (C=O) groups is 4. The number of ether oxygens (including phenoxy) is 2. The molecule has 2 aliphatic rings. The summed E-state index contributed by atoms with van der Waals surface area (Å²) in [6, 6.07) is 0.952. The zero-order valence-electron chi connectivity index (χ0n) is 16.8. The Kier molecular flexibility index (Phi) is 7.79. The lowest BCUT2D eigenvalue weighted by Crippen LogP contribution is -2.35. The number of esters is 1. The number of rotatable bonds is 6. The first-order valence-corrected chi connectivity index (χ1v) is 12.9. The largest absolute Gasteiger partial charge is 0.534 e. The topological polar surface area (TPSA) is 99.2 Å². The molecule has 1 saturated heterocycles. The Morgan fingerprint density at radius 3 is 2.54 bits per heavy atom. The Labute approximate surface area is 166 Å². The maximum absolute atomic E-state index is 12.6. The molecule has 2 amide bonds. The van der Waals surface area contributed by atoms with Gasteiger partial charge in [-0.25, -0.2) is 4.79 Å². The molecule has 0 radical (unpaired) electrons. The molecule has 0 aromatic carbocycles. The fourth-order valence-corrected chi connectivity index (χ4v) is 3.66. The van der Waals surface area contributed by atoms with Gasteiger partial charge in [-0.2, -0.15) is 0 Å². The minimum absolute atomic E-state index is 0.0230. The van der Waals surface area contributed by atoms with E-state index in [1.54, 1.807) is 6.08 Å². The summed E-state index contributed by atoms with van der Waals surface area (Å²) in [6.45, 7) is 6.75. The predicted octanol–water partition coefficient (Wildman–Crippen LogP) is 2.74. The van der Waals surface area contributed by atoms with Crippen LogP contribution in [0.5, 0.6) is 0 Å². The van der Waals surface area contributed by atoms with Crippen molar-refractivity contribution in [2.24, 2.45) is 5.41 Å². The SMILES string of the molecule is C[SiH](C)CCOC(=O)C1(C)CC/C=C/[C@H](OC(=O)ON2C(=O)CCC2=O)CC1. The van der Waals surface area contributed by atoms with Crippen molar-refractivity contribution in [1.29, 1.82) is 0 Å². The first kappa shape index (κ1) is 22.1. The van der Waals surface area contributed by atoms with Crippen LogP contribution in [0, 0.1) is 5.41 Å². The predicted molar refractivity (Wildman–Crippen MR) is 103 cm³/mol. The van der Waals surface area contributed by atoms with Gasteiger partial charge >= 0.3 is 12.1 Å². The van der Waals surface area contributed by atoms with Crippen molar-refractivity contribution in [2.75, 3.05) is 6.61 Å². The summed E-state index contributed by atoms with van der Waals surface area (Å²) >= 11 is 0. The molecule has 0 aromatic heterocycles. The van der Waals surface area contributed by atoms with Gasteiger partial charge in [0.2, 0.25) is 0 Å². The number of nitrogens with zero attached hydrogens (tertiary/aromatic N) is 1. The standard InChI is InChI=1S/C19H29NO7Si/c1-19(17(23)25-12-13-28(2)3)10-5-4-6-14(9-11-19)26-18(24)27-20-15(21)7-8-16(20)22/h4,6,14,28H,5,7-13H2,1-3H3/b6-4+/t14-,19?/m0/s1. The molecule has 8 nitrogen and oxygen atoms in total. The Morgan fingerprint density at radius 2 is 1.89 bits per heavy atom. The lowest BCUT2D eigenvalue weighted by Gasteiger charge is -2.30. The van der Waals surface area contributed by atoms with Crippen molar-refractivity contribution in [1.82, 2.24) is 5.06 Å². The van der Waals surface area contributed by atoms with Gasteiger partial charge in [0, 0.05) is 21.6 Å². The van der Waals surface area contributed by atoms with E-state index in [-0.39, 0.29) is 18.8 Å². The summed E-state index contributed by atoms with van der Waals surface area (Å²) < 4.78 is 10.7. The molecule has 156 valence electrons. The molecule has 0 spiro atoms. The van der Waals surface area contributed by atoms with Crippen LogP contribution in [0.25, 0.3) is 0 Å². The van der Waals surface area contributed by atoms with Gasteiger partial charge in [0.15, 0.2) is 0 Å². The first-order valence-electron chi connectivity index (χ1n) is 9.79. The molecule has 2 atom stereocenters. The van der Waals surface area contributed by atoms with Crippen LogP contribution in [-0.4, -0.2) is 50.5 Å². The summed E-state index contributed by atoms with van der Waals surface area (Å²) in [5, 5.41) is 0.453. The molecule has 28 heavy (non-hydrogen) atoms.